The second-order valence-electron chi connectivity index (χ2n) is 5.35. The van der Waals surface area contributed by atoms with Crippen LogP contribution in [-0.2, 0) is 11.0 Å². The third kappa shape index (κ3) is 4.59. The summed E-state index contributed by atoms with van der Waals surface area (Å²) in [6.45, 7) is 2.07. The van der Waals surface area contributed by atoms with Crippen LogP contribution in [0.2, 0.25) is 5.02 Å². The lowest BCUT2D eigenvalue weighted by Gasteiger charge is -2.10. The zero-order valence-electron chi connectivity index (χ0n) is 13.1. The van der Waals surface area contributed by atoms with E-state index in [1.165, 1.54) is 12.3 Å². The van der Waals surface area contributed by atoms with Crippen LogP contribution in [0.5, 0.6) is 0 Å². The summed E-state index contributed by atoms with van der Waals surface area (Å²) in [4.78, 5) is 23.9. The number of carbonyl (C=O) groups is 1. The third-order valence-corrected chi connectivity index (χ3v) is 3.57. The van der Waals surface area contributed by atoms with E-state index in [4.69, 9.17) is 16.4 Å². The summed E-state index contributed by atoms with van der Waals surface area (Å²) in [7, 11) is 0. The van der Waals surface area contributed by atoms with Crippen molar-refractivity contribution in [2.75, 3.05) is 0 Å². The minimum absolute atomic E-state index is 0.0364. The summed E-state index contributed by atoms with van der Waals surface area (Å²) in [5.74, 6) is -2.09. The average Bonchev–Trinajstić information content (AvgIpc) is 2.85. The van der Waals surface area contributed by atoms with Crippen LogP contribution in [0.25, 0.3) is 11.2 Å². The number of alkyl halides is 3. The Morgan fingerprint density at radius 2 is 2.00 bits per heavy atom. The van der Waals surface area contributed by atoms with Crippen molar-refractivity contribution in [3.05, 3.63) is 23.1 Å². The topological polar surface area (TPSA) is 57.0 Å². The predicted molar refractivity (Wildman–Crippen MR) is 82.5 cm³/mol. The highest BCUT2D eigenvalue weighted by atomic mass is 35.5. The molecule has 0 N–H and O–H groups in total. The molecule has 0 radical (unpaired) electrons. The monoisotopic (exact) mass is 363 g/mol. The lowest BCUT2D eigenvalue weighted by molar-refractivity contribution is -0.162. The van der Waals surface area contributed by atoms with Gasteiger partial charge >= 0.3 is 12.1 Å². The molecule has 0 spiro atoms. The Hall–Kier alpha value is -1.83. The molecule has 2 aromatic rings. The Morgan fingerprint density at radius 1 is 1.29 bits per heavy atom. The van der Waals surface area contributed by atoms with E-state index in [1.54, 1.807) is 0 Å². The maximum Gasteiger partial charge on any atom is 0.453 e. The number of rotatable bonds is 7. The van der Waals surface area contributed by atoms with Crippen LogP contribution in [0.1, 0.15) is 51.3 Å². The molecule has 2 heterocycles. The van der Waals surface area contributed by atoms with Crippen molar-refractivity contribution in [1.29, 1.82) is 0 Å². The molecule has 132 valence electrons. The van der Waals surface area contributed by atoms with Crippen LogP contribution in [-0.4, -0.2) is 20.7 Å². The lowest BCUT2D eigenvalue weighted by Crippen LogP contribution is -2.25. The van der Waals surface area contributed by atoms with Gasteiger partial charge in [0, 0.05) is 12.6 Å². The molecule has 0 aromatic carbocycles. The van der Waals surface area contributed by atoms with E-state index in [1.807, 2.05) is 0 Å². The van der Waals surface area contributed by atoms with Crippen LogP contribution in [0.15, 0.2) is 12.3 Å². The number of fused-ring (bicyclic) bond motifs is 1. The minimum Gasteiger partial charge on any atom is -0.334 e. The largest absolute Gasteiger partial charge is 0.453 e. The van der Waals surface area contributed by atoms with Gasteiger partial charge in [0.2, 0.25) is 0 Å². The molecular formula is C15H17ClF3N3O2. The fourth-order valence-corrected chi connectivity index (χ4v) is 2.36. The number of hydrogen-bond acceptors (Lipinski definition) is 4. The first-order valence-corrected chi connectivity index (χ1v) is 8.03. The first-order valence-electron chi connectivity index (χ1n) is 7.65. The normalized spacial score (nSPS) is 11.9. The summed E-state index contributed by atoms with van der Waals surface area (Å²) in [6, 6.07) is 1.22. The maximum absolute atomic E-state index is 13.1. The summed E-state index contributed by atoms with van der Waals surface area (Å²) < 4.78 is 39.6. The number of aromatic nitrogens is 3. The van der Waals surface area contributed by atoms with Crippen molar-refractivity contribution in [2.24, 2.45) is 0 Å². The number of unbranched alkanes of at least 4 members (excludes halogenated alkanes) is 4. The van der Waals surface area contributed by atoms with Gasteiger partial charge in [-0.3, -0.25) is 0 Å². The lowest BCUT2D eigenvalue weighted by atomic mass is 10.1. The molecular weight excluding hydrogens is 347 g/mol. The summed E-state index contributed by atoms with van der Waals surface area (Å²) in [6.07, 6.45) is 0.919. The van der Waals surface area contributed by atoms with Crippen molar-refractivity contribution in [1.82, 2.24) is 14.7 Å². The first kappa shape index (κ1) is 18.5. The van der Waals surface area contributed by atoms with Crippen molar-refractivity contribution in [3.63, 3.8) is 0 Å². The van der Waals surface area contributed by atoms with E-state index < -0.39 is 18.0 Å². The molecule has 0 aliphatic heterocycles. The van der Waals surface area contributed by atoms with E-state index in [9.17, 15) is 18.0 Å². The molecule has 24 heavy (non-hydrogen) atoms. The van der Waals surface area contributed by atoms with Crippen LogP contribution < -0.4 is 4.84 Å². The van der Waals surface area contributed by atoms with E-state index in [0.717, 1.165) is 25.7 Å². The highest BCUT2D eigenvalue weighted by molar-refractivity contribution is 6.31. The molecule has 0 aliphatic rings. The Kier molecular flexibility index (Phi) is 6.04. The number of carbonyl (C=O) groups excluding carboxylic acids is 1. The van der Waals surface area contributed by atoms with Gasteiger partial charge in [-0.25, -0.2) is 14.8 Å². The summed E-state index contributed by atoms with van der Waals surface area (Å²) in [5.41, 5.74) is -0.295. The zero-order chi connectivity index (χ0) is 17.7. The highest BCUT2D eigenvalue weighted by Gasteiger charge is 2.39. The Labute approximate surface area is 141 Å². The molecule has 0 bridgehead atoms. The number of hydrogen-bond donors (Lipinski definition) is 0. The van der Waals surface area contributed by atoms with Crippen LogP contribution in [0.3, 0.4) is 0 Å². The highest BCUT2D eigenvalue weighted by Crippen LogP contribution is 2.31. The smallest absolute Gasteiger partial charge is 0.334 e. The summed E-state index contributed by atoms with van der Waals surface area (Å²) in [5, 5.41) is 0.119. The molecule has 9 heteroatoms. The zero-order valence-corrected chi connectivity index (χ0v) is 13.8. The fraction of sp³-hybridized carbons (Fsp3) is 0.533. The molecule has 0 amide bonds. The van der Waals surface area contributed by atoms with Gasteiger partial charge in [-0.1, -0.05) is 44.2 Å². The minimum atomic E-state index is -4.78. The Morgan fingerprint density at radius 3 is 2.67 bits per heavy atom. The van der Waals surface area contributed by atoms with Gasteiger partial charge < -0.3 is 4.84 Å². The van der Waals surface area contributed by atoms with Crippen molar-refractivity contribution in [2.45, 2.75) is 51.6 Å². The van der Waals surface area contributed by atoms with Crippen molar-refractivity contribution < 1.29 is 22.8 Å². The van der Waals surface area contributed by atoms with Gasteiger partial charge in [0.15, 0.2) is 5.65 Å². The van der Waals surface area contributed by atoms with E-state index in [-0.39, 0.29) is 22.6 Å². The molecule has 0 saturated carbocycles. The summed E-state index contributed by atoms with van der Waals surface area (Å²) >= 11 is 5.76. The van der Waals surface area contributed by atoms with Gasteiger partial charge in [-0.2, -0.15) is 13.2 Å². The second-order valence-corrected chi connectivity index (χ2v) is 5.79. The second kappa shape index (κ2) is 7.83. The standard InChI is InChI=1S/C15H17ClF3N3O2/c1-2-3-4-5-6-7-12(23)24-22-11-8-10(16)9-20-13(11)21-14(22)15(17,18)19/h8-9H,2-7H2,1H3. The SMILES string of the molecule is CCCCCCCC(=O)On1c(C(F)(F)F)nc2ncc(Cl)cc21. The van der Waals surface area contributed by atoms with E-state index >= 15 is 0 Å². The molecule has 2 rings (SSSR count). The molecule has 0 fully saturated rings. The van der Waals surface area contributed by atoms with Gasteiger partial charge in [0.1, 0.15) is 5.52 Å². The molecule has 2 aromatic heterocycles. The number of pyridine rings is 1. The van der Waals surface area contributed by atoms with Crippen molar-refractivity contribution in [3.8, 4) is 0 Å². The molecule has 5 nitrogen and oxygen atoms in total. The van der Waals surface area contributed by atoms with Gasteiger partial charge in [0.25, 0.3) is 5.82 Å². The first-order chi connectivity index (χ1) is 11.3. The van der Waals surface area contributed by atoms with Gasteiger partial charge in [0.05, 0.1) is 5.02 Å². The van der Waals surface area contributed by atoms with Crippen LogP contribution >= 0.6 is 11.6 Å². The third-order valence-electron chi connectivity index (χ3n) is 3.37. The maximum atomic E-state index is 13.1. The Bertz CT molecular complexity index is 716. The fourth-order valence-electron chi connectivity index (χ4n) is 2.21. The molecule has 0 unspecified atom stereocenters. The Balaban J connectivity index is 2.17. The van der Waals surface area contributed by atoms with Gasteiger partial charge in [-0.15, -0.1) is 4.73 Å². The predicted octanol–water partition coefficient (Wildman–Crippen LogP) is 4.42. The van der Waals surface area contributed by atoms with E-state index in [0.29, 0.717) is 11.2 Å². The number of halogens is 4. The van der Waals surface area contributed by atoms with Crippen LogP contribution in [0, 0.1) is 0 Å². The molecule has 0 aliphatic carbocycles. The van der Waals surface area contributed by atoms with Crippen molar-refractivity contribution >= 4 is 28.7 Å². The molecule has 0 atom stereocenters. The van der Waals surface area contributed by atoms with Gasteiger partial charge in [-0.05, 0) is 12.5 Å². The van der Waals surface area contributed by atoms with E-state index in [2.05, 4.69) is 16.9 Å². The molecule has 0 saturated heterocycles. The quantitative estimate of drug-likeness (QED) is 0.683. The number of nitrogens with zero attached hydrogens (tertiary/aromatic N) is 3. The average molecular weight is 364 g/mol. The van der Waals surface area contributed by atoms with Crippen LogP contribution in [0.4, 0.5) is 13.2 Å². The number of imidazole rings is 1.